The fourth-order valence-corrected chi connectivity index (χ4v) is 6.23. The van der Waals surface area contributed by atoms with Crippen LogP contribution in [0.15, 0.2) is 55.1 Å². The van der Waals surface area contributed by atoms with E-state index in [2.05, 4.69) is 50.7 Å². The molecule has 12 heteroatoms. The first kappa shape index (κ1) is 29.9. The number of likely N-dealkylation sites (N-methyl/N-ethyl adjacent to an activating group) is 1. The molecule has 236 valence electrons. The average Bonchev–Trinajstić information content (AvgIpc) is 3.81. The fraction of sp³-hybridized carbons (Fsp3) is 0.324. The molecule has 1 aromatic carbocycles. The van der Waals surface area contributed by atoms with Crippen molar-refractivity contribution in [2.24, 2.45) is 5.92 Å². The van der Waals surface area contributed by atoms with Crippen molar-refractivity contribution >= 4 is 27.9 Å². The number of pyridine rings is 3. The highest BCUT2D eigenvalue weighted by Gasteiger charge is 2.22. The van der Waals surface area contributed by atoms with E-state index >= 15 is 4.39 Å². The number of H-pyrrole nitrogens is 2. The van der Waals surface area contributed by atoms with Gasteiger partial charge in [0, 0.05) is 66.8 Å². The summed E-state index contributed by atoms with van der Waals surface area (Å²) < 4.78 is 31.0. The van der Waals surface area contributed by atoms with Gasteiger partial charge in [0.15, 0.2) is 17.1 Å². The molecule has 10 nitrogen and oxygen atoms in total. The third-order valence-corrected chi connectivity index (χ3v) is 8.59. The zero-order chi connectivity index (χ0) is 31.6. The van der Waals surface area contributed by atoms with Gasteiger partial charge in [-0.05, 0) is 80.9 Å². The SMILES string of the molecule is CN(C)CCNc1cc(F)cc(-c2ccnc3nc(-c4[nH]nc5ncc(-c6cncc(CNCC7CCCC7)c6)c(F)c45)[nH]c23)c1. The molecule has 0 radical (unpaired) electrons. The van der Waals surface area contributed by atoms with Crippen LogP contribution in [-0.4, -0.2) is 73.7 Å². The number of anilines is 1. The van der Waals surface area contributed by atoms with Crippen LogP contribution in [-0.2, 0) is 6.54 Å². The summed E-state index contributed by atoms with van der Waals surface area (Å²) in [6.45, 7) is 3.12. The molecule has 0 aliphatic heterocycles. The number of halogens is 2. The molecule has 0 bridgehead atoms. The molecular weight excluding hydrogens is 586 g/mol. The Morgan fingerprint density at radius 3 is 2.67 bits per heavy atom. The standard InChI is InChI=1S/C34H36F2N10/c1-46(2)10-9-39-25-13-22(12-24(35)14-25)26-7-8-40-33-30(26)42-34(43-33)31-28-29(36)27(19-41-32(28)45-44-31)23-11-21(17-38-18-23)16-37-15-20-5-3-4-6-20/h7-8,11-14,17-20,37,39H,3-6,9-10,15-16H2,1-2H3,(H,40,42,43)(H,41,44,45). The second-order valence-corrected chi connectivity index (χ2v) is 12.2. The van der Waals surface area contributed by atoms with E-state index in [9.17, 15) is 4.39 Å². The molecule has 1 fully saturated rings. The highest BCUT2D eigenvalue weighted by atomic mass is 19.1. The van der Waals surface area contributed by atoms with Crippen molar-refractivity contribution in [3.05, 3.63) is 72.3 Å². The molecule has 0 atom stereocenters. The molecule has 0 amide bonds. The number of nitrogens with zero attached hydrogens (tertiary/aromatic N) is 6. The van der Waals surface area contributed by atoms with Gasteiger partial charge in [0.1, 0.15) is 17.3 Å². The molecule has 0 spiro atoms. The molecule has 5 heterocycles. The van der Waals surface area contributed by atoms with Crippen molar-refractivity contribution in [3.63, 3.8) is 0 Å². The summed E-state index contributed by atoms with van der Waals surface area (Å²) in [7, 11) is 3.97. The predicted molar refractivity (Wildman–Crippen MR) is 176 cm³/mol. The second kappa shape index (κ2) is 12.9. The van der Waals surface area contributed by atoms with Crippen LogP contribution in [0.25, 0.3) is 56.0 Å². The molecule has 4 N–H and O–H groups in total. The van der Waals surface area contributed by atoms with E-state index in [1.807, 2.05) is 26.2 Å². The van der Waals surface area contributed by atoms with E-state index in [0.717, 1.165) is 24.6 Å². The molecule has 0 unspecified atom stereocenters. The van der Waals surface area contributed by atoms with Crippen LogP contribution in [0.2, 0.25) is 0 Å². The summed E-state index contributed by atoms with van der Waals surface area (Å²) in [5, 5.41) is 14.2. The summed E-state index contributed by atoms with van der Waals surface area (Å²) in [6, 6.07) is 8.58. The van der Waals surface area contributed by atoms with Crippen LogP contribution >= 0.6 is 0 Å². The minimum Gasteiger partial charge on any atom is -0.384 e. The summed E-state index contributed by atoms with van der Waals surface area (Å²) >= 11 is 0. The molecule has 0 saturated heterocycles. The highest BCUT2D eigenvalue weighted by molar-refractivity contribution is 5.96. The predicted octanol–water partition coefficient (Wildman–Crippen LogP) is 6.16. The number of nitrogens with one attached hydrogen (secondary N) is 4. The first-order valence-electron chi connectivity index (χ1n) is 15.6. The number of benzene rings is 1. The Morgan fingerprint density at radius 2 is 1.83 bits per heavy atom. The second-order valence-electron chi connectivity index (χ2n) is 12.2. The van der Waals surface area contributed by atoms with Gasteiger partial charge in [-0.2, -0.15) is 5.10 Å². The lowest BCUT2D eigenvalue weighted by Crippen LogP contribution is -2.20. The van der Waals surface area contributed by atoms with Crippen LogP contribution < -0.4 is 10.6 Å². The van der Waals surface area contributed by atoms with Gasteiger partial charge < -0.3 is 20.5 Å². The van der Waals surface area contributed by atoms with Crippen molar-refractivity contribution in [2.45, 2.75) is 32.2 Å². The van der Waals surface area contributed by atoms with Crippen molar-refractivity contribution < 1.29 is 8.78 Å². The van der Waals surface area contributed by atoms with Crippen LogP contribution in [0.4, 0.5) is 14.5 Å². The average molecular weight is 623 g/mol. The number of aromatic amines is 2. The zero-order valence-electron chi connectivity index (χ0n) is 25.9. The lowest BCUT2D eigenvalue weighted by molar-refractivity contribution is 0.425. The number of imidazole rings is 1. The van der Waals surface area contributed by atoms with E-state index in [-0.39, 0.29) is 16.9 Å². The molecular formula is C34H36F2N10. The molecule has 1 saturated carbocycles. The number of rotatable bonds is 11. The Balaban J connectivity index is 1.20. The van der Waals surface area contributed by atoms with Gasteiger partial charge in [-0.25, -0.2) is 23.7 Å². The Kier molecular flexibility index (Phi) is 8.37. The lowest BCUT2D eigenvalue weighted by atomic mass is 10.0. The Labute approximate surface area is 265 Å². The highest BCUT2D eigenvalue weighted by Crippen LogP contribution is 2.35. The molecule has 6 aromatic rings. The van der Waals surface area contributed by atoms with E-state index < -0.39 is 5.82 Å². The zero-order valence-corrected chi connectivity index (χ0v) is 25.9. The third kappa shape index (κ3) is 6.18. The maximum Gasteiger partial charge on any atom is 0.184 e. The quantitative estimate of drug-likeness (QED) is 0.136. The lowest BCUT2D eigenvalue weighted by Gasteiger charge is -2.13. The van der Waals surface area contributed by atoms with Crippen LogP contribution in [0, 0.1) is 17.6 Å². The summed E-state index contributed by atoms with van der Waals surface area (Å²) in [5.41, 5.74) is 5.56. The van der Waals surface area contributed by atoms with E-state index in [0.29, 0.717) is 63.7 Å². The topological polar surface area (TPSA) is 123 Å². The van der Waals surface area contributed by atoms with E-state index in [4.69, 9.17) is 0 Å². The molecule has 1 aliphatic rings. The number of hydrogen-bond donors (Lipinski definition) is 4. The minimum absolute atomic E-state index is 0.209. The molecule has 7 rings (SSSR count). The van der Waals surface area contributed by atoms with Gasteiger partial charge >= 0.3 is 0 Å². The largest absolute Gasteiger partial charge is 0.384 e. The summed E-state index contributed by atoms with van der Waals surface area (Å²) in [4.78, 5) is 23.3. The van der Waals surface area contributed by atoms with Gasteiger partial charge in [0.25, 0.3) is 0 Å². The van der Waals surface area contributed by atoms with Crippen molar-refractivity contribution in [2.75, 3.05) is 39.0 Å². The fourth-order valence-electron chi connectivity index (χ4n) is 6.23. The number of hydrogen-bond acceptors (Lipinski definition) is 8. The number of aromatic nitrogens is 7. The van der Waals surface area contributed by atoms with Crippen LogP contribution in [0.5, 0.6) is 0 Å². The molecule has 5 aromatic heterocycles. The first-order valence-corrected chi connectivity index (χ1v) is 15.6. The Morgan fingerprint density at radius 1 is 0.957 bits per heavy atom. The van der Waals surface area contributed by atoms with Gasteiger partial charge in [-0.3, -0.25) is 10.1 Å². The van der Waals surface area contributed by atoms with E-state index in [1.54, 1.807) is 24.7 Å². The van der Waals surface area contributed by atoms with E-state index in [1.165, 1.54) is 44.0 Å². The van der Waals surface area contributed by atoms with Crippen LogP contribution in [0.3, 0.4) is 0 Å². The maximum absolute atomic E-state index is 16.3. The van der Waals surface area contributed by atoms with Crippen molar-refractivity contribution in [1.82, 2.24) is 45.3 Å². The molecule has 46 heavy (non-hydrogen) atoms. The molecule has 1 aliphatic carbocycles. The maximum atomic E-state index is 16.3. The van der Waals surface area contributed by atoms with Gasteiger partial charge in [0.2, 0.25) is 0 Å². The van der Waals surface area contributed by atoms with Gasteiger partial charge in [-0.1, -0.05) is 12.8 Å². The summed E-state index contributed by atoms with van der Waals surface area (Å²) in [6.07, 6.45) is 11.7. The van der Waals surface area contributed by atoms with Gasteiger partial charge in [0.05, 0.1) is 10.9 Å². The third-order valence-electron chi connectivity index (χ3n) is 8.59. The Bertz CT molecular complexity index is 1990. The monoisotopic (exact) mass is 622 g/mol. The van der Waals surface area contributed by atoms with Crippen molar-refractivity contribution in [3.8, 4) is 33.8 Å². The first-order chi connectivity index (χ1) is 22.4. The minimum atomic E-state index is -0.473. The smallest absolute Gasteiger partial charge is 0.184 e. The number of fused-ring (bicyclic) bond motifs is 2. The summed E-state index contributed by atoms with van der Waals surface area (Å²) in [5.74, 6) is 0.237. The normalized spacial score (nSPS) is 13.8. The Hall–Kier alpha value is -4.81. The van der Waals surface area contributed by atoms with Crippen LogP contribution in [0.1, 0.15) is 31.2 Å². The van der Waals surface area contributed by atoms with Gasteiger partial charge in [-0.15, -0.1) is 0 Å². The van der Waals surface area contributed by atoms with Crippen molar-refractivity contribution in [1.29, 1.82) is 0 Å².